The SMILES string of the molecule is CCOC1=CC=C(Br)C[CH]1. The summed E-state index contributed by atoms with van der Waals surface area (Å²) in [6.07, 6.45) is 7.00. The number of hydrogen-bond acceptors (Lipinski definition) is 1. The number of halogens is 1. The van der Waals surface area contributed by atoms with Crippen molar-refractivity contribution in [3.63, 3.8) is 0 Å². The van der Waals surface area contributed by atoms with E-state index in [1.54, 1.807) is 0 Å². The van der Waals surface area contributed by atoms with E-state index in [-0.39, 0.29) is 0 Å². The molecule has 0 aromatic carbocycles. The highest BCUT2D eigenvalue weighted by atomic mass is 79.9. The minimum Gasteiger partial charge on any atom is -0.498 e. The van der Waals surface area contributed by atoms with Crippen molar-refractivity contribution in [2.24, 2.45) is 0 Å². The zero-order valence-corrected chi connectivity index (χ0v) is 7.52. The maximum Gasteiger partial charge on any atom is 0.100 e. The minimum absolute atomic E-state index is 0.744. The first kappa shape index (κ1) is 7.86. The first-order valence-corrected chi connectivity index (χ1v) is 4.14. The van der Waals surface area contributed by atoms with E-state index in [0.717, 1.165) is 18.8 Å². The molecule has 0 aliphatic heterocycles. The zero-order chi connectivity index (χ0) is 7.40. The smallest absolute Gasteiger partial charge is 0.100 e. The van der Waals surface area contributed by atoms with E-state index in [4.69, 9.17) is 4.74 Å². The van der Waals surface area contributed by atoms with Crippen LogP contribution in [0.4, 0.5) is 0 Å². The fourth-order valence-corrected chi connectivity index (χ4v) is 1.07. The summed E-state index contributed by atoms with van der Waals surface area (Å²) in [6.45, 7) is 2.73. The Kier molecular flexibility index (Phi) is 3.00. The molecule has 0 N–H and O–H groups in total. The summed E-state index contributed by atoms with van der Waals surface area (Å²) in [5.74, 6) is 0.978. The van der Waals surface area contributed by atoms with Crippen LogP contribution in [0.2, 0.25) is 0 Å². The van der Waals surface area contributed by atoms with Crippen molar-refractivity contribution < 1.29 is 4.74 Å². The quantitative estimate of drug-likeness (QED) is 0.668. The molecule has 0 heterocycles. The molecular weight excluding hydrogens is 192 g/mol. The van der Waals surface area contributed by atoms with E-state index < -0.39 is 0 Å². The molecule has 2 heteroatoms. The summed E-state index contributed by atoms with van der Waals surface area (Å²) < 4.78 is 6.48. The van der Waals surface area contributed by atoms with Crippen LogP contribution in [-0.2, 0) is 4.74 Å². The van der Waals surface area contributed by atoms with Gasteiger partial charge in [-0.1, -0.05) is 15.9 Å². The normalized spacial score (nSPS) is 17.8. The molecule has 0 bridgehead atoms. The van der Waals surface area contributed by atoms with Crippen LogP contribution >= 0.6 is 15.9 Å². The highest BCUT2D eigenvalue weighted by molar-refractivity contribution is 9.11. The van der Waals surface area contributed by atoms with Crippen LogP contribution in [0.15, 0.2) is 22.4 Å². The highest BCUT2D eigenvalue weighted by Gasteiger charge is 2.03. The Balaban J connectivity index is 2.47. The molecule has 0 spiro atoms. The minimum atomic E-state index is 0.744. The van der Waals surface area contributed by atoms with E-state index in [1.165, 1.54) is 4.48 Å². The lowest BCUT2D eigenvalue weighted by Gasteiger charge is -2.10. The predicted molar refractivity (Wildman–Crippen MR) is 45.6 cm³/mol. The molecule has 55 valence electrons. The lowest BCUT2D eigenvalue weighted by atomic mass is 10.2. The molecule has 0 unspecified atom stereocenters. The summed E-state index contributed by atoms with van der Waals surface area (Å²) in [6, 6.07) is 0. The first-order chi connectivity index (χ1) is 4.83. The summed E-state index contributed by atoms with van der Waals surface area (Å²) in [5, 5.41) is 0. The van der Waals surface area contributed by atoms with Crippen LogP contribution in [0.3, 0.4) is 0 Å². The number of hydrogen-bond donors (Lipinski definition) is 0. The number of rotatable bonds is 2. The lowest BCUT2D eigenvalue weighted by molar-refractivity contribution is 0.234. The lowest BCUT2D eigenvalue weighted by Crippen LogP contribution is -1.95. The third-order valence-corrected chi connectivity index (χ3v) is 1.83. The van der Waals surface area contributed by atoms with Crippen molar-refractivity contribution in [3.05, 3.63) is 28.8 Å². The van der Waals surface area contributed by atoms with Crippen LogP contribution in [0.25, 0.3) is 0 Å². The fraction of sp³-hybridized carbons (Fsp3) is 0.375. The van der Waals surface area contributed by atoms with Crippen LogP contribution < -0.4 is 0 Å². The van der Waals surface area contributed by atoms with Gasteiger partial charge in [-0.3, -0.25) is 0 Å². The van der Waals surface area contributed by atoms with E-state index in [1.807, 2.05) is 19.1 Å². The van der Waals surface area contributed by atoms with E-state index in [2.05, 4.69) is 22.4 Å². The Hall–Kier alpha value is -0.240. The second-order valence-corrected chi connectivity index (χ2v) is 3.04. The summed E-state index contributed by atoms with van der Waals surface area (Å²) in [7, 11) is 0. The molecule has 1 rings (SSSR count). The Morgan fingerprint density at radius 2 is 2.40 bits per heavy atom. The van der Waals surface area contributed by atoms with Crippen LogP contribution in [0, 0.1) is 6.42 Å². The van der Waals surface area contributed by atoms with Crippen LogP contribution in [0.5, 0.6) is 0 Å². The Morgan fingerprint density at radius 1 is 1.60 bits per heavy atom. The number of ether oxygens (including phenoxy) is 1. The van der Waals surface area contributed by atoms with E-state index in [9.17, 15) is 0 Å². The molecule has 1 radical (unpaired) electrons. The Bertz CT molecular complexity index is 166. The third kappa shape index (κ3) is 2.18. The molecule has 0 atom stereocenters. The van der Waals surface area contributed by atoms with Crippen LogP contribution in [-0.4, -0.2) is 6.61 Å². The molecule has 0 saturated carbocycles. The van der Waals surface area contributed by atoms with Gasteiger partial charge in [0.05, 0.1) is 6.61 Å². The van der Waals surface area contributed by atoms with Gasteiger partial charge in [-0.15, -0.1) is 0 Å². The van der Waals surface area contributed by atoms with Gasteiger partial charge < -0.3 is 4.74 Å². The molecule has 0 aromatic rings. The monoisotopic (exact) mass is 201 g/mol. The fourth-order valence-electron chi connectivity index (χ4n) is 0.780. The van der Waals surface area contributed by atoms with E-state index >= 15 is 0 Å². The molecule has 0 aromatic heterocycles. The van der Waals surface area contributed by atoms with Crippen molar-refractivity contribution in [1.82, 2.24) is 0 Å². The molecule has 0 amide bonds. The predicted octanol–water partition coefficient (Wildman–Crippen LogP) is 2.79. The molecule has 1 aliphatic carbocycles. The highest BCUT2D eigenvalue weighted by Crippen LogP contribution is 2.21. The van der Waals surface area contributed by atoms with Gasteiger partial charge in [0.25, 0.3) is 0 Å². The molecule has 0 fully saturated rings. The molecule has 0 saturated heterocycles. The van der Waals surface area contributed by atoms with Gasteiger partial charge in [0.2, 0.25) is 0 Å². The average molecular weight is 202 g/mol. The van der Waals surface area contributed by atoms with Crippen molar-refractivity contribution in [2.75, 3.05) is 6.61 Å². The zero-order valence-electron chi connectivity index (χ0n) is 5.93. The summed E-state index contributed by atoms with van der Waals surface area (Å²) in [4.78, 5) is 0. The average Bonchev–Trinajstić information content (AvgIpc) is 1.95. The summed E-state index contributed by atoms with van der Waals surface area (Å²) >= 11 is 3.40. The largest absolute Gasteiger partial charge is 0.498 e. The molecule has 1 nitrogen and oxygen atoms in total. The van der Waals surface area contributed by atoms with Crippen molar-refractivity contribution in [3.8, 4) is 0 Å². The first-order valence-electron chi connectivity index (χ1n) is 3.35. The molecule has 1 aliphatic rings. The van der Waals surface area contributed by atoms with Crippen molar-refractivity contribution in [2.45, 2.75) is 13.3 Å². The summed E-state index contributed by atoms with van der Waals surface area (Å²) in [5.41, 5.74) is 0. The number of allylic oxidation sites excluding steroid dienone is 4. The van der Waals surface area contributed by atoms with Gasteiger partial charge in [-0.25, -0.2) is 0 Å². The van der Waals surface area contributed by atoms with Crippen LogP contribution in [0.1, 0.15) is 13.3 Å². The second-order valence-electron chi connectivity index (χ2n) is 2.02. The molecule has 10 heavy (non-hydrogen) atoms. The van der Waals surface area contributed by atoms with Crippen molar-refractivity contribution in [1.29, 1.82) is 0 Å². The van der Waals surface area contributed by atoms with E-state index in [0.29, 0.717) is 0 Å². The van der Waals surface area contributed by atoms with Gasteiger partial charge in [0, 0.05) is 6.42 Å². The third-order valence-electron chi connectivity index (χ3n) is 1.24. The van der Waals surface area contributed by atoms with Gasteiger partial charge in [-0.2, -0.15) is 0 Å². The van der Waals surface area contributed by atoms with Gasteiger partial charge in [-0.05, 0) is 30.0 Å². The second kappa shape index (κ2) is 3.81. The van der Waals surface area contributed by atoms with Crippen molar-refractivity contribution >= 4 is 15.9 Å². The maximum absolute atomic E-state index is 5.27. The van der Waals surface area contributed by atoms with Gasteiger partial charge in [0.1, 0.15) is 5.76 Å². The Labute approximate surface area is 69.9 Å². The topological polar surface area (TPSA) is 9.23 Å². The molecular formula is C8H10BrO. The van der Waals surface area contributed by atoms with Gasteiger partial charge >= 0.3 is 0 Å². The van der Waals surface area contributed by atoms with Gasteiger partial charge in [0.15, 0.2) is 0 Å². The maximum atomic E-state index is 5.27. The Morgan fingerprint density at radius 3 is 2.90 bits per heavy atom. The standard InChI is InChI=1S/C8H10BrO/c1-2-10-8-5-3-7(9)4-6-8/h3,5-6H,2,4H2,1H3.